The number of aromatic nitrogens is 4. The highest BCUT2D eigenvalue weighted by Crippen LogP contribution is 2.46. The molecule has 0 N–H and O–H groups in total. The molecule has 0 unspecified atom stereocenters. The van der Waals surface area contributed by atoms with Crippen LogP contribution >= 0.6 is 11.6 Å². The molecule has 0 amide bonds. The van der Waals surface area contributed by atoms with Crippen LogP contribution in [0.5, 0.6) is 11.8 Å². The van der Waals surface area contributed by atoms with Crippen LogP contribution in [0.4, 0.5) is 5.82 Å². The maximum absolute atomic E-state index is 11.8. The molecule has 0 saturated heterocycles. The zero-order chi connectivity index (χ0) is 54.3. The molecular weight excluding hydrogens is 990 g/mol. The highest BCUT2D eigenvalue weighted by Gasteiger charge is 2.36. The molecule has 4 aromatic carbocycles. The maximum Gasteiger partial charge on any atom is 0.342 e. The molecule has 0 bridgehead atoms. The molecule has 2 fully saturated rings. The van der Waals surface area contributed by atoms with Crippen molar-refractivity contribution in [1.82, 2.24) is 19.9 Å². The lowest BCUT2D eigenvalue weighted by Crippen LogP contribution is -2.33. The van der Waals surface area contributed by atoms with Crippen molar-refractivity contribution in [3.63, 3.8) is 0 Å². The van der Waals surface area contributed by atoms with Crippen LogP contribution in [-0.2, 0) is 29.1 Å². The van der Waals surface area contributed by atoms with Gasteiger partial charge in [-0.2, -0.15) is 19.7 Å². The third-order valence-electron chi connectivity index (χ3n) is 15.2. The zero-order valence-corrected chi connectivity index (χ0v) is 46.1. The Hall–Kier alpha value is -7.06. The third-order valence-corrected chi connectivity index (χ3v) is 15.5. The molecule has 6 aromatic rings. The normalized spacial score (nSPS) is 20.0. The average molecular weight is 1060 g/mol. The standard InChI is InChI=1S/C38H39N3O4.C25H29ClN2O4/c1-25-39-36(41-35(30-11-7-5-8-12-30)31-13-9-6-10-14-31)32-24-33(38(2,3)44-37(32)40-25)29-21-19-28(20-22-29)27-17-15-26(16-18-27)23-34(42)45-43-4;1-15-27-23(26)20-14-21(25(2,3)31-24(20)28-15)19-11-9-18(10-12-19)17-7-5-16(6-8-17)13-22(29)32-30-4/h5-14,19-22,24,26-27H,15-18,23H2,1-4H3;9-12,14,16-17H,5-8,13H2,1-4H3. The van der Waals surface area contributed by atoms with Gasteiger partial charge in [-0.25, -0.2) is 24.5 Å². The summed E-state index contributed by atoms with van der Waals surface area (Å²) in [5.74, 6) is 3.98. The van der Waals surface area contributed by atoms with Gasteiger partial charge in [0.25, 0.3) is 0 Å². The molecule has 2 saturated carbocycles. The number of ether oxygens (including phenoxy) is 2. The number of aryl methyl sites for hydroxylation is 2. The average Bonchev–Trinajstić information content (AvgIpc) is 3.41. The first-order chi connectivity index (χ1) is 37.1. The van der Waals surface area contributed by atoms with Gasteiger partial charge in [0, 0.05) is 22.3 Å². The second kappa shape index (κ2) is 24.1. The van der Waals surface area contributed by atoms with Crippen molar-refractivity contribution in [1.29, 1.82) is 0 Å². The van der Waals surface area contributed by atoms with E-state index in [-0.39, 0.29) is 11.9 Å². The van der Waals surface area contributed by atoms with Crippen LogP contribution in [-0.4, -0.2) is 63.0 Å². The van der Waals surface area contributed by atoms with Gasteiger partial charge in [0.2, 0.25) is 11.8 Å². The van der Waals surface area contributed by atoms with E-state index in [0.717, 1.165) is 102 Å². The van der Waals surface area contributed by atoms with E-state index in [1.54, 1.807) is 6.92 Å². The molecule has 0 spiro atoms. The van der Waals surface area contributed by atoms with Crippen LogP contribution in [0.25, 0.3) is 23.3 Å². The van der Waals surface area contributed by atoms with Crippen molar-refractivity contribution in [2.45, 2.75) is 129 Å². The van der Waals surface area contributed by atoms with Gasteiger partial charge in [0.1, 0.15) is 28.0 Å². The number of hydrogen-bond donors (Lipinski definition) is 0. The fraction of sp³-hybridized carbons (Fsp3) is 0.381. The highest BCUT2D eigenvalue weighted by atomic mass is 35.5. The SMILES string of the molecule is COOC(=O)CC1CCC(c2ccc(C3=Cc4c(Cl)nc(C)nc4OC3(C)C)cc2)CC1.COOC(=O)CC1CCC(c2ccc(C3=Cc4c(N=C(c5ccccc5)c5ccccc5)nc(C)nc4OC3(C)C)cc2)CC1. The minimum absolute atomic E-state index is 0.284. The fourth-order valence-electron chi connectivity index (χ4n) is 11.2. The molecular formula is C63H68ClN5O8. The van der Waals surface area contributed by atoms with Gasteiger partial charge >= 0.3 is 11.9 Å². The predicted molar refractivity (Wildman–Crippen MR) is 300 cm³/mol. The molecule has 77 heavy (non-hydrogen) atoms. The van der Waals surface area contributed by atoms with E-state index in [2.05, 4.69) is 127 Å². The van der Waals surface area contributed by atoms with E-state index < -0.39 is 11.2 Å². The Bertz CT molecular complexity index is 3100. The summed E-state index contributed by atoms with van der Waals surface area (Å²) in [6, 6.07) is 37.9. The van der Waals surface area contributed by atoms with Crippen LogP contribution in [0.3, 0.4) is 0 Å². The largest absolute Gasteiger partial charge is 0.466 e. The summed E-state index contributed by atoms with van der Waals surface area (Å²) in [6.07, 6.45) is 13.3. The second-order valence-electron chi connectivity index (χ2n) is 21.5. The Balaban J connectivity index is 0.000000199. The Morgan fingerprint density at radius 3 is 1.39 bits per heavy atom. The molecule has 4 heterocycles. The fourth-order valence-corrected chi connectivity index (χ4v) is 11.5. The molecule has 4 aliphatic rings. The van der Waals surface area contributed by atoms with Crippen molar-refractivity contribution < 1.29 is 38.6 Å². The van der Waals surface area contributed by atoms with E-state index in [1.807, 2.05) is 63.2 Å². The first-order valence-electron chi connectivity index (χ1n) is 26.7. The summed E-state index contributed by atoms with van der Waals surface area (Å²) in [6.45, 7) is 11.9. The Morgan fingerprint density at radius 1 is 0.558 bits per heavy atom. The number of halogens is 1. The molecule has 13 nitrogen and oxygen atoms in total. The molecule has 2 aliphatic carbocycles. The third kappa shape index (κ3) is 13.2. The van der Waals surface area contributed by atoms with Gasteiger partial charge in [0.05, 0.1) is 43.9 Å². The van der Waals surface area contributed by atoms with Crippen molar-refractivity contribution >= 4 is 58.4 Å². The van der Waals surface area contributed by atoms with E-state index in [9.17, 15) is 9.59 Å². The quantitative estimate of drug-likeness (QED) is 0.0468. The summed E-state index contributed by atoms with van der Waals surface area (Å²) in [5.41, 5.74) is 10.2. The molecule has 10 rings (SSSR count). The van der Waals surface area contributed by atoms with Gasteiger partial charge < -0.3 is 9.47 Å². The number of aliphatic imine (C=N–C) groups is 1. The van der Waals surface area contributed by atoms with E-state index in [0.29, 0.717) is 70.9 Å². The lowest BCUT2D eigenvalue weighted by molar-refractivity contribution is -0.256. The minimum Gasteiger partial charge on any atom is -0.466 e. The number of carbonyl (C=O) groups is 2. The van der Waals surface area contributed by atoms with Gasteiger partial charge in [-0.05, 0) is 151 Å². The summed E-state index contributed by atoms with van der Waals surface area (Å²) in [5, 5.41) is 0.406. The lowest BCUT2D eigenvalue weighted by Gasteiger charge is -2.34. The minimum atomic E-state index is -0.604. The van der Waals surface area contributed by atoms with Crippen molar-refractivity contribution in [2.75, 3.05) is 14.2 Å². The summed E-state index contributed by atoms with van der Waals surface area (Å²) in [4.78, 5) is 65.0. The second-order valence-corrected chi connectivity index (χ2v) is 21.8. The van der Waals surface area contributed by atoms with Gasteiger partial charge in [-0.3, -0.25) is 9.78 Å². The Kier molecular flexibility index (Phi) is 17.1. The zero-order valence-electron chi connectivity index (χ0n) is 45.3. The first kappa shape index (κ1) is 54.7. The number of rotatable bonds is 13. The van der Waals surface area contributed by atoms with E-state index in [1.165, 1.54) is 25.3 Å². The van der Waals surface area contributed by atoms with Crippen LogP contribution < -0.4 is 9.47 Å². The van der Waals surface area contributed by atoms with Crippen LogP contribution in [0.15, 0.2) is 114 Å². The van der Waals surface area contributed by atoms with Crippen LogP contribution in [0, 0.1) is 25.7 Å². The smallest absolute Gasteiger partial charge is 0.342 e. The molecule has 400 valence electrons. The van der Waals surface area contributed by atoms with Crippen molar-refractivity contribution in [3.8, 4) is 11.8 Å². The van der Waals surface area contributed by atoms with Gasteiger partial charge in [-0.1, -0.05) is 121 Å². The van der Waals surface area contributed by atoms with Crippen LogP contribution in [0.1, 0.15) is 160 Å². The Morgan fingerprint density at radius 2 is 0.961 bits per heavy atom. The molecule has 2 aliphatic heterocycles. The molecule has 0 atom stereocenters. The van der Waals surface area contributed by atoms with E-state index in [4.69, 9.17) is 31.1 Å². The number of carbonyl (C=O) groups excluding carboxylic acids is 2. The van der Waals surface area contributed by atoms with Crippen LogP contribution in [0.2, 0.25) is 5.15 Å². The van der Waals surface area contributed by atoms with Gasteiger partial charge in [0.15, 0.2) is 5.82 Å². The summed E-state index contributed by atoms with van der Waals surface area (Å²) < 4.78 is 12.8. The molecule has 0 radical (unpaired) electrons. The highest BCUT2D eigenvalue weighted by molar-refractivity contribution is 6.31. The van der Waals surface area contributed by atoms with Crippen molar-refractivity contribution in [3.05, 3.63) is 171 Å². The number of benzene rings is 4. The molecule has 2 aromatic heterocycles. The number of nitrogens with zero attached hydrogens (tertiary/aromatic N) is 5. The van der Waals surface area contributed by atoms with E-state index >= 15 is 0 Å². The maximum atomic E-state index is 11.8. The summed E-state index contributed by atoms with van der Waals surface area (Å²) >= 11 is 6.37. The Labute approximate surface area is 457 Å². The molecule has 14 heteroatoms. The predicted octanol–water partition coefficient (Wildman–Crippen LogP) is 14.4. The van der Waals surface area contributed by atoms with Gasteiger partial charge in [-0.15, -0.1) is 0 Å². The van der Waals surface area contributed by atoms with Crippen molar-refractivity contribution in [2.24, 2.45) is 16.8 Å². The number of hydrogen-bond acceptors (Lipinski definition) is 13. The monoisotopic (exact) mass is 1060 g/mol. The number of fused-ring (bicyclic) bond motifs is 2. The first-order valence-corrected chi connectivity index (χ1v) is 27.1. The lowest BCUT2D eigenvalue weighted by atomic mass is 9.77. The summed E-state index contributed by atoms with van der Waals surface area (Å²) in [7, 11) is 2.72. The topological polar surface area (TPSA) is 153 Å².